The fourth-order valence-corrected chi connectivity index (χ4v) is 5.59. The van der Waals surface area contributed by atoms with E-state index in [1.54, 1.807) is 12.4 Å². The van der Waals surface area contributed by atoms with Crippen LogP contribution >= 0.6 is 0 Å². The second-order valence-electron chi connectivity index (χ2n) is 11.1. The number of amides is 1. The highest BCUT2D eigenvalue weighted by Gasteiger charge is 2.32. The molecule has 0 radical (unpaired) electrons. The van der Waals surface area contributed by atoms with Crippen LogP contribution in [0.2, 0.25) is 0 Å². The quantitative estimate of drug-likeness (QED) is 0.277. The van der Waals surface area contributed by atoms with Crippen LogP contribution in [0.3, 0.4) is 0 Å². The number of aromatic nitrogens is 3. The van der Waals surface area contributed by atoms with Crippen molar-refractivity contribution in [2.75, 3.05) is 13.1 Å². The summed E-state index contributed by atoms with van der Waals surface area (Å²) in [5.41, 5.74) is 7.71. The first-order chi connectivity index (χ1) is 18.9. The second-order valence-corrected chi connectivity index (χ2v) is 11.1. The van der Waals surface area contributed by atoms with E-state index in [0.717, 1.165) is 40.4 Å². The molecule has 2 aromatic heterocycles. The highest BCUT2D eigenvalue weighted by molar-refractivity contribution is 5.98. The molecule has 0 spiro atoms. The molecule has 0 unspecified atom stereocenters. The van der Waals surface area contributed by atoms with Crippen molar-refractivity contribution in [3.8, 4) is 11.3 Å². The molecule has 1 aliphatic heterocycles. The van der Waals surface area contributed by atoms with E-state index in [0.29, 0.717) is 30.1 Å². The van der Waals surface area contributed by atoms with Crippen molar-refractivity contribution >= 4 is 11.7 Å². The Kier molecular flexibility index (Phi) is 6.86. The maximum absolute atomic E-state index is 13.2. The molecule has 2 aromatic carbocycles. The van der Waals surface area contributed by atoms with E-state index < -0.39 is 0 Å². The van der Waals surface area contributed by atoms with Gasteiger partial charge in [0.15, 0.2) is 5.78 Å². The van der Waals surface area contributed by atoms with E-state index in [2.05, 4.69) is 34.3 Å². The van der Waals surface area contributed by atoms with Gasteiger partial charge in [-0.25, -0.2) is 0 Å². The SMILES string of the molecule is Cc1ccc(C(=O)N2CC(c3ccc(-c4ccnn4C)cc3)C2)cc1CC(=O)c1ccc(CC2CCC2)nc1. The maximum Gasteiger partial charge on any atom is 0.253 e. The van der Waals surface area contributed by atoms with Crippen LogP contribution in [-0.4, -0.2) is 44.4 Å². The molecule has 0 bridgehead atoms. The summed E-state index contributed by atoms with van der Waals surface area (Å²) in [6.45, 7) is 3.39. The van der Waals surface area contributed by atoms with Gasteiger partial charge in [-0.2, -0.15) is 5.10 Å². The molecule has 0 atom stereocenters. The summed E-state index contributed by atoms with van der Waals surface area (Å²) in [6, 6.07) is 20.2. The highest BCUT2D eigenvalue weighted by atomic mass is 16.2. The Bertz CT molecular complexity index is 1490. The fraction of sp³-hybridized carbons (Fsp3) is 0.333. The number of hydrogen-bond acceptors (Lipinski definition) is 4. The molecule has 4 aromatic rings. The van der Waals surface area contributed by atoms with Crippen LogP contribution in [0.4, 0.5) is 0 Å². The first-order valence-corrected chi connectivity index (χ1v) is 13.9. The van der Waals surface area contributed by atoms with Crippen LogP contribution in [0.5, 0.6) is 0 Å². The molecule has 1 saturated carbocycles. The zero-order chi connectivity index (χ0) is 26.9. The summed E-state index contributed by atoms with van der Waals surface area (Å²) >= 11 is 0. The monoisotopic (exact) mass is 518 g/mol. The lowest BCUT2D eigenvalue weighted by Gasteiger charge is -2.39. The number of nitrogens with zero attached hydrogens (tertiary/aromatic N) is 4. The highest BCUT2D eigenvalue weighted by Crippen LogP contribution is 2.31. The predicted octanol–water partition coefficient (Wildman–Crippen LogP) is 5.80. The Morgan fingerprint density at radius 3 is 2.36 bits per heavy atom. The molecule has 0 N–H and O–H groups in total. The minimum Gasteiger partial charge on any atom is -0.337 e. The van der Waals surface area contributed by atoms with Crippen LogP contribution in [0.15, 0.2) is 73.1 Å². The lowest BCUT2D eigenvalue weighted by atomic mass is 9.82. The number of aryl methyl sites for hydroxylation is 2. The van der Waals surface area contributed by atoms with E-state index in [-0.39, 0.29) is 18.1 Å². The molecule has 2 aliphatic rings. The van der Waals surface area contributed by atoms with E-state index in [4.69, 9.17) is 0 Å². The number of benzene rings is 2. The summed E-state index contributed by atoms with van der Waals surface area (Å²) in [7, 11) is 1.94. The van der Waals surface area contributed by atoms with Crippen molar-refractivity contribution in [3.05, 3.63) is 107 Å². The molecule has 3 heterocycles. The third-order valence-electron chi connectivity index (χ3n) is 8.48. The van der Waals surface area contributed by atoms with Crippen molar-refractivity contribution in [3.63, 3.8) is 0 Å². The Morgan fingerprint density at radius 2 is 1.72 bits per heavy atom. The number of Topliss-reactive ketones (excluding diaryl/α,β-unsaturated/α-hetero) is 1. The molecular weight excluding hydrogens is 484 g/mol. The van der Waals surface area contributed by atoms with Gasteiger partial charge >= 0.3 is 0 Å². The average Bonchev–Trinajstić information content (AvgIpc) is 3.33. The number of carbonyl (C=O) groups excluding carboxylic acids is 2. The fourth-order valence-electron chi connectivity index (χ4n) is 5.59. The van der Waals surface area contributed by atoms with Gasteiger partial charge in [-0.05, 0) is 71.8 Å². The van der Waals surface area contributed by atoms with Crippen LogP contribution in [0.25, 0.3) is 11.3 Å². The molecular formula is C33H34N4O2. The topological polar surface area (TPSA) is 68.1 Å². The predicted molar refractivity (Wildman–Crippen MR) is 152 cm³/mol. The van der Waals surface area contributed by atoms with Crippen molar-refractivity contribution in [2.45, 2.75) is 44.9 Å². The van der Waals surface area contributed by atoms with Crippen molar-refractivity contribution < 1.29 is 9.59 Å². The maximum atomic E-state index is 13.2. The molecule has 1 amide bonds. The van der Waals surface area contributed by atoms with Gasteiger partial charge in [0.1, 0.15) is 0 Å². The lowest BCUT2D eigenvalue weighted by molar-refractivity contribution is 0.0602. The number of hydrogen-bond donors (Lipinski definition) is 0. The Morgan fingerprint density at radius 1 is 0.949 bits per heavy atom. The molecule has 198 valence electrons. The van der Waals surface area contributed by atoms with Gasteiger partial charge in [0.05, 0.1) is 5.69 Å². The summed E-state index contributed by atoms with van der Waals surface area (Å²) in [6.07, 6.45) is 8.68. The third-order valence-corrected chi connectivity index (χ3v) is 8.48. The van der Waals surface area contributed by atoms with Gasteiger partial charge in [-0.15, -0.1) is 0 Å². The normalized spacial score (nSPS) is 15.6. The second kappa shape index (κ2) is 10.6. The van der Waals surface area contributed by atoms with Crippen LogP contribution in [0.1, 0.15) is 68.3 Å². The average molecular weight is 519 g/mol. The standard InChI is InChI=1S/C33H34N4O2/c1-22-6-7-26(17-28(22)18-32(38)27-12-13-30(34-19-27)16-23-4-3-5-23)33(39)37-20-29(21-37)24-8-10-25(11-9-24)31-14-15-35-36(31)2/h6-15,17,19,23,29H,3-5,16,18,20-21H2,1-2H3. The molecule has 6 nitrogen and oxygen atoms in total. The number of likely N-dealkylation sites (tertiary alicyclic amines) is 1. The van der Waals surface area contributed by atoms with Crippen LogP contribution in [0, 0.1) is 12.8 Å². The number of pyridine rings is 1. The Hall–Kier alpha value is -4.06. The largest absolute Gasteiger partial charge is 0.337 e. The Balaban J connectivity index is 1.07. The molecule has 1 aliphatic carbocycles. The van der Waals surface area contributed by atoms with E-state index in [1.165, 1.54) is 24.8 Å². The summed E-state index contributed by atoms with van der Waals surface area (Å²) in [5.74, 6) is 1.14. The first kappa shape index (κ1) is 25.2. The first-order valence-electron chi connectivity index (χ1n) is 13.9. The van der Waals surface area contributed by atoms with E-state index >= 15 is 0 Å². The number of rotatable bonds is 8. The van der Waals surface area contributed by atoms with Gasteiger partial charge in [0.2, 0.25) is 0 Å². The van der Waals surface area contributed by atoms with Gasteiger partial charge in [-0.3, -0.25) is 19.3 Å². The lowest BCUT2D eigenvalue weighted by Crippen LogP contribution is -2.48. The van der Waals surface area contributed by atoms with Gasteiger partial charge in [-0.1, -0.05) is 49.6 Å². The third kappa shape index (κ3) is 5.29. The molecule has 6 rings (SSSR count). The summed E-state index contributed by atoms with van der Waals surface area (Å²) in [5, 5.41) is 4.25. The zero-order valence-corrected chi connectivity index (χ0v) is 22.6. The van der Waals surface area contributed by atoms with Gasteiger partial charge in [0, 0.05) is 61.7 Å². The molecule has 6 heteroatoms. The van der Waals surface area contributed by atoms with E-state index in [9.17, 15) is 9.59 Å². The minimum absolute atomic E-state index is 0.0217. The Labute approximate surface area is 229 Å². The van der Waals surface area contributed by atoms with Crippen LogP contribution < -0.4 is 0 Å². The van der Waals surface area contributed by atoms with Gasteiger partial charge in [0.25, 0.3) is 5.91 Å². The zero-order valence-electron chi connectivity index (χ0n) is 22.6. The summed E-state index contributed by atoms with van der Waals surface area (Å²) < 4.78 is 1.87. The molecule has 1 saturated heterocycles. The van der Waals surface area contributed by atoms with Crippen molar-refractivity contribution in [1.29, 1.82) is 0 Å². The smallest absolute Gasteiger partial charge is 0.253 e. The molecule has 2 fully saturated rings. The number of carbonyl (C=O) groups is 2. The number of ketones is 1. The van der Waals surface area contributed by atoms with E-state index in [1.807, 2.05) is 60.0 Å². The van der Waals surface area contributed by atoms with Crippen molar-refractivity contribution in [1.82, 2.24) is 19.7 Å². The minimum atomic E-state index is 0.0217. The van der Waals surface area contributed by atoms with Crippen LogP contribution in [-0.2, 0) is 19.9 Å². The molecule has 39 heavy (non-hydrogen) atoms. The summed E-state index contributed by atoms with van der Waals surface area (Å²) in [4.78, 5) is 32.7. The van der Waals surface area contributed by atoms with Crippen molar-refractivity contribution in [2.24, 2.45) is 13.0 Å². The van der Waals surface area contributed by atoms with Gasteiger partial charge < -0.3 is 4.90 Å².